The summed E-state index contributed by atoms with van der Waals surface area (Å²) in [6, 6.07) is 12.4. The van der Waals surface area contributed by atoms with Gasteiger partial charge < -0.3 is 14.1 Å². The van der Waals surface area contributed by atoms with Crippen LogP contribution < -0.4 is 9.29 Å². The largest absolute Gasteiger partial charge is 0.545 e. The maximum atomic E-state index is 12.6. The van der Waals surface area contributed by atoms with Crippen LogP contribution in [0.15, 0.2) is 53.4 Å². The minimum Gasteiger partial charge on any atom is -0.545 e. The number of carboxylic acids is 1. The van der Waals surface area contributed by atoms with Crippen molar-refractivity contribution < 1.29 is 22.5 Å². The van der Waals surface area contributed by atoms with Gasteiger partial charge in [-0.25, -0.2) is 0 Å². The van der Waals surface area contributed by atoms with E-state index in [1.807, 2.05) is 6.92 Å². The number of hydrogen-bond donors (Lipinski definition) is 0. The molecule has 0 aromatic heterocycles. The highest BCUT2D eigenvalue weighted by Crippen LogP contribution is 2.55. The lowest BCUT2D eigenvalue weighted by molar-refractivity contribution is -0.255. The van der Waals surface area contributed by atoms with E-state index in [0.29, 0.717) is 4.90 Å². The second-order valence-corrected chi connectivity index (χ2v) is 13.0. The first-order valence-corrected chi connectivity index (χ1v) is 11.1. The number of carbonyl (C=O) groups excluding carboxylic acids is 1. The van der Waals surface area contributed by atoms with E-state index in [1.165, 1.54) is 18.2 Å². The number of aryl methyl sites for hydroxylation is 1. The van der Waals surface area contributed by atoms with Gasteiger partial charge in [-0.05, 0) is 49.3 Å². The molecule has 0 radical (unpaired) electrons. The van der Waals surface area contributed by atoms with E-state index >= 15 is 0 Å². The van der Waals surface area contributed by atoms with Crippen molar-refractivity contribution in [2.45, 2.75) is 11.8 Å². The number of benzene rings is 2. The van der Waals surface area contributed by atoms with Gasteiger partial charge in [-0.2, -0.15) is 8.42 Å². The molecule has 2 aromatic rings. The van der Waals surface area contributed by atoms with Crippen molar-refractivity contribution in [1.29, 1.82) is 0 Å². The molecule has 0 fully saturated rings. The first-order chi connectivity index (χ1) is 10.6. The SMILES string of the molecule is Cc1ccc(OS(=O)(=O)S(C)(C)c2cccc(C(=O)[O-])c2)cc1. The summed E-state index contributed by atoms with van der Waals surface area (Å²) in [4.78, 5) is 11.4. The molecule has 124 valence electrons. The quantitative estimate of drug-likeness (QED) is 0.769. The van der Waals surface area contributed by atoms with Crippen molar-refractivity contribution in [3.05, 3.63) is 59.7 Å². The van der Waals surface area contributed by atoms with Crippen molar-refractivity contribution >= 4 is 24.2 Å². The van der Waals surface area contributed by atoms with Crippen LogP contribution in [0.4, 0.5) is 0 Å². The fourth-order valence-corrected chi connectivity index (χ4v) is 5.18. The fourth-order valence-electron chi connectivity index (χ4n) is 1.84. The van der Waals surface area contributed by atoms with Crippen LogP contribution in [-0.4, -0.2) is 26.9 Å². The molecule has 2 rings (SSSR count). The summed E-state index contributed by atoms with van der Waals surface area (Å²) in [6.07, 6.45) is 3.09. The number of hydrogen-bond acceptors (Lipinski definition) is 5. The summed E-state index contributed by atoms with van der Waals surface area (Å²) in [5.74, 6) is -1.12. The van der Waals surface area contributed by atoms with Crippen molar-refractivity contribution in [3.8, 4) is 5.75 Å². The molecule has 0 unspecified atom stereocenters. The molecule has 0 N–H and O–H groups in total. The van der Waals surface area contributed by atoms with Gasteiger partial charge in [0, 0.05) is 4.90 Å². The molecule has 0 saturated heterocycles. The lowest BCUT2D eigenvalue weighted by atomic mass is 10.2. The molecule has 0 aliphatic carbocycles. The molecule has 5 nitrogen and oxygen atoms in total. The third-order valence-electron chi connectivity index (χ3n) is 3.37. The maximum absolute atomic E-state index is 12.6. The van der Waals surface area contributed by atoms with E-state index in [2.05, 4.69) is 0 Å². The molecule has 2 aromatic carbocycles. The Labute approximate surface area is 136 Å². The minimum atomic E-state index is -3.95. The Bertz CT molecular complexity index is 824. The van der Waals surface area contributed by atoms with Crippen molar-refractivity contribution in [1.82, 2.24) is 0 Å². The number of rotatable bonds is 5. The van der Waals surface area contributed by atoms with E-state index in [1.54, 1.807) is 42.8 Å². The topological polar surface area (TPSA) is 83.5 Å². The van der Waals surface area contributed by atoms with Crippen LogP contribution in [0.3, 0.4) is 0 Å². The van der Waals surface area contributed by atoms with Gasteiger partial charge in [0.1, 0.15) is 5.75 Å². The standard InChI is InChI=1S/C16H18O5S2/c1-12-7-9-14(10-8-12)21-23(19,20)22(2,3)15-6-4-5-13(11-15)16(17)18/h4-11H,1-3H3,(H,17,18)/p-1. The lowest BCUT2D eigenvalue weighted by Gasteiger charge is -2.30. The van der Waals surface area contributed by atoms with Crippen molar-refractivity contribution in [3.63, 3.8) is 0 Å². The van der Waals surface area contributed by atoms with E-state index < -0.39 is 24.2 Å². The summed E-state index contributed by atoms with van der Waals surface area (Å²) >= 11 is 0. The van der Waals surface area contributed by atoms with Gasteiger partial charge in [-0.1, -0.05) is 38.9 Å². The second kappa shape index (κ2) is 6.25. The summed E-state index contributed by atoms with van der Waals surface area (Å²) in [6.45, 7) is 1.89. The van der Waals surface area contributed by atoms with Gasteiger partial charge >= 0.3 is 9.15 Å². The van der Waals surface area contributed by atoms with E-state index in [0.717, 1.165) is 5.56 Å². The van der Waals surface area contributed by atoms with Gasteiger partial charge in [-0.3, -0.25) is 0 Å². The summed E-state index contributed by atoms with van der Waals surface area (Å²) < 4.78 is 30.5. The van der Waals surface area contributed by atoms with Crippen LogP contribution in [0.25, 0.3) is 0 Å². The average molecular weight is 353 g/mol. The molecule has 23 heavy (non-hydrogen) atoms. The maximum Gasteiger partial charge on any atom is 0.352 e. The van der Waals surface area contributed by atoms with Crippen molar-refractivity contribution in [2.75, 3.05) is 12.5 Å². The Morgan fingerprint density at radius 3 is 2.22 bits per heavy atom. The molecule has 0 saturated carbocycles. The molecule has 0 bridgehead atoms. The molecular weight excluding hydrogens is 336 g/mol. The van der Waals surface area contributed by atoms with Gasteiger partial charge in [0.05, 0.1) is 5.97 Å². The van der Waals surface area contributed by atoms with Crippen LogP contribution >= 0.6 is 9.06 Å². The van der Waals surface area contributed by atoms with Gasteiger partial charge in [0.25, 0.3) is 0 Å². The van der Waals surface area contributed by atoms with E-state index in [9.17, 15) is 18.3 Å². The Hall–Kier alpha value is -1.99. The molecule has 7 heteroatoms. The van der Waals surface area contributed by atoms with Gasteiger partial charge in [0.2, 0.25) is 0 Å². The third-order valence-corrected chi connectivity index (χ3v) is 10.0. The van der Waals surface area contributed by atoms with Gasteiger partial charge in [-0.15, -0.1) is 0 Å². The zero-order chi connectivity index (χ0) is 17.3. The Balaban J connectivity index is 2.38. The zero-order valence-electron chi connectivity index (χ0n) is 13.0. The van der Waals surface area contributed by atoms with Crippen LogP contribution in [0.5, 0.6) is 5.75 Å². The predicted octanol–water partition coefficient (Wildman–Crippen LogP) is 2.11. The highest BCUT2D eigenvalue weighted by atomic mass is 33.2. The van der Waals surface area contributed by atoms with Crippen LogP contribution in [0.2, 0.25) is 0 Å². The smallest absolute Gasteiger partial charge is 0.352 e. The van der Waals surface area contributed by atoms with Crippen LogP contribution in [0, 0.1) is 6.92 Å². The summed E-state index contributed by atoms with van der Waals surface area (Å²) in [7, 11) is -6.40. The van der Waals surface area contributed by atoms with Crippen molar-refractivity contribution in [2.24, 2.45) is 0 Å². The molecule has 0 aliphatic heterocycles. The van der Waals surface area contributed by atoms with Crippen LogP contribution in [0.1, 0.15) is 15.9 Å². The first-order valence-electron chi connectivity index (χ1n) is 6.69. The lowest BCUT2D eigenvalue weighted by Crippen LogP contribution is -2.23. The Kier molecular flexibility index (Phi) is 4.72. The highest BCUT2D eigenvalue weighted by Gasteiger charge is 2.33. The monoisotopic (exact) mass is 353 g/mol. The summed E-state index contributed by atoms with van der Waals surface area (Å²) in [5.41, 5.74) is 0.927. The predicted molar refractivity (Wildman–Crippen MR) is 89.2 cm³/mol. The Morgan fingerprint density at radius 2 is 1.65 bits per heavy atom. The number of carboxylic acid groups (broad SMARTS) is 1. The zero-order valence-corrected chi connectivity index (χ0v) is 14.6. The molecular formula is C16H17O5S2-. The molecule has 0 amide bonds. The normalized spacial score (nSPS) is 12.7. The highest BCUT2D eigenvalue weighted by molar-refractivity contribution is 8.88. The minimum absolute atomic E-state index is 0.0615. The number of aromatic carboxylic acids is 1. The third kappa shape index (κ3) is 3.68. The molecule has 0 spiro atoms. The number of carbonyl (C=O) groups is 1. The first kappa shape index (κ1) is 17.4. The molecule has 0 aliphatic rings. The Morgan fingerprint density at radius 1 is 1.04 bits per heavy atom. The van der Waals surface area contributed by atoms with Crippen LogP contribution in [-0.2, 0) is 9.15 Å². The molecule has 0 heterocycles. The fraction of sp³-hybridized carbons (Fsp3) is 0.188. The van der Waals surface area contributed by atoms with Gasteiger partial charge in [0.15, 0.2) is 0 Å². The average Bonchev–Trinajstić information content (AvgIpc) is 2.49. The second-order valence-electron chi connectivity index (χ2n) is 5.35. The van der Waals surface area contributed by atoms with E-state index in [4.69, 9.17) is 4.18 Å². The van der Waals surface area contributed by atoms with E-state index in [-0.39, 0.29) is 11.3 Å². The molecule has 0 atom stereocenters. The summed E-state index contributed by atoms with van der Waals surface area (Å²) in [5, 5.41) is 11.0.